The summed E-state index contributed by atoms with van der Waals surface area (Å²) in [5.41, 5.74) is 9.84. The van der Waals surface area contributed by atoms with Crippen molar-refractivity contribution in [1.29, 1.82) is 0 Å². The van der Waals surface area contributed by atoms with Crippen LogP contribution in [-0.4, -0.2) is 54.5 Å². The number of likely N-dealkylation sites (tertiary alicyclic amines) is 1. The summed E-state index contributed by atoms with van der Waals surface area (Å²) in [7, 11) is 0. The van der Waals surface area contributed by atoms with Crippen molar-refractivity contribution in [2.24, 2.45) is 5.41 Å². The van der Waals surface area contributed by atoms with Gasteiger partial charge in [0.05, 0.1) is 16.9 Å². The molecule has 36 heavy (non-hydrogen) atoms. The van der Waals surface area contributed by atoms with Gasteiger partial charge in [0, 0.05) is 44.3 Å². The highest BCUT2D eigenvalue weighted by molar-refractivity contribution is 6.06. The Hall–Kier alpha value is -4.07. The van der Waals surface area contributed by atoms with Crippen molar-refractivity contribution in [3.8, 4) is 11.1 Å². The van der Waals surface area contributed by atoms with E-state index < -0.39 is 0 Å². The SMILES string of the molecule is CCNC(=O)N1CCC2(CCN(c3ccc(C(=O)Nc4cc(-c5ccccc5)ccc4N)cn3)C2)C1. The number of urea groups is 1. The number of amides is 3. The highest BCUT2D eigenvalue weighted by Gasteiger charge is 2.45. The number of carbonyl (C=O) groups is 2. The molecule has 2 aliphatic heterocycles. The number of hydrogen-bond donors (Lipinski definition) is 3. The molecule has 2 aromatic carbocycles. The Balaban J connectivity index is 1.23. The first-order valence-corrected chi connectivity index (χ1v) is 12.5. The molecule has 2 aliphatic rings. The first-order valence-electron chi connectivity index (χ1n) is 12.5. The fraction of sp³-hybridized carbons (Fsp3) is 0.321. The number of nitrogens with one attached hydrogen (secondary N) is 2. The smallest absolute Gasteiger partial charge is 0.317 e. The molecule has 186 valence electrons. The minimum atomic E-state index is -0.253. The molecule has 1 aromatic heterocycles. The van der Waals surface area contributed by atoms with E-state index in [1.54, 1.807) is 18.3 Å². The van der Waals surface area contributed by atoms with Gasteiger partial charge in [-0.25, -0.2) is 9.78 Å². The third kappa shape index (κ3) is 4.84. The van der Waals surface area contributed by atoms with Crippen LogP contribution in [0.15, 0.2) is 66.9 Å². The number of pyridine rings is 1. The number of nitrogens with zero attached hydrogens (tertiary/aromatic N) is 3. The first-order chi connectivity index (χ1) is 17.5. The van der Waals surface area contributed by atoms with Crippen molar-refractivity contribution in [3.63, 3.8) is 0 Å². The largest absolute Gasteiger partial charge is 0.397 e. The third-order valence-electron chi connectivity index (χ3n) is 7.23. The summed E-state index contributed by atoms with van der Waals surface area (Å²) >= 11 is 0. The summed E-state index contributed by atoms with van der Waals surface area (Å²) in [6.45, 7) is 5.91. The average molecular weight is 485 g/mol. The van der Waals surface area contributed by atoms with Crippen molar-refractivity contribution in [3.05, 3.63) is 72.4 Å². The van der Waals surface area contributed by atoms with Crippen LogP contribution in [0.1, 0.15) is 30.1 Å². The molecule has 3 amide bonds. The quantitative estimate of drug-likeness (QED) is 0.471. The monoisotopic (exact) mass is 484 g/mol. The first kappa shape index (κ1) is 23.7. The molecule has 5 rings (SSSR count). The fourth-order valence-electron chi connectivity index (χ4n) is 5.21. The van der Waals surface area contributed by atoms with E-state index in [9.17, 15) is 9.59 Å². The van der Waals surface area contributed by atoms with Crippen molar-refractivity contribution in [2.45, 2.75) is 19.8 Å². The molecule has 2 fully saturated rings. The van der Waals surface area contributed by atoms with Gasteiger partial charge in [0.25, 0.3) is 5.91 Å². The lowest BCUT2D eigenvalue weighted by Gasteiger charge is -2.25. The molecular formula is C28H32N6O2. The van der Waals surface area contributed by atoms with E-state index in [-0.39, 0.29) is 17.4 Å². The van der Waals surface area contributed by atoms with Crippen LogP contribution in [0.25, 0.3) is 11.1 Å². The van der Waals surface area contributed by atoms with Crippen LogP contribution in [0.2, 0.25) is 0 Å². The second-order valence-electron chi connectivity index (χ2n) is 9.71. The van der Waals surface area contributed by atoms with E-state index in [1.807, 2.05) is 60.4 Å². The second kappa shape index (κ2) is 9.89. The normalized spacial score (nSPS) is 19.0. The van der Waals surface area contributed by atoms with Crippen molar-refractivity contribution in [2.75, 3.05) is 48.7 Å². The Labute approximate surface area is 211 Å². The Morgan fingerprint density at radius 3 is 2.56 bits per heavy atom. The van der Waals surface area contributed by atoms with Crippen LogP contribution >= 0.6 is 0 Å². The number of benzene rings is 2. The van der Waals surface area contributed by atoms with Crippen LogP contribution in [-0.2, 0) is 0 Å². The van der Waals surface area contributed by atoms with Gasteiger partial charge in [-0.3, -0.25) is 4.79 Å². The molecule has 0 saturated carbocycles. The van der Waals surface area contributed by atoms with Crippen LogP contribution in [0.3, 0.4) is 0 Å². The topological polar surface area (TPSA) is 104 Å². The summed E-state index contributed by atoms with van der Waals surface area (Å²) in [5.74, 6) is 0.600. The number of anilines is 3. The maximum Gasteiger partial charge on any atom is 0.317 e. The van der Waals surface area contributed by atoms with Gasteiger partial charge < -0.3 is 26.2 Å². The molecule has 8 nitrogen and oxygen atoms in total. The predicted octanol–water partition coefficient (Wildman–Crippen LogP) is 4.21. The van der Waals surface area contributed by atoms with Gasteiger partial charge in [0.15, 0.2) is 0 Å². The second-order valence-corrected chi connectivity index (χ2v) is 9.71. The highest BCUT2D eigenvalue weighted by atomic mass is 16.2. The van der Waals surface area contributed by atoms with E-state index in [0.29, 0.717) is 23.5 Å². The van der Waals surface area contributed by atoms with Gasteiger partial charge in [-0.1, -0.05) is 36.4 Å². The minimum Gasteiger partial charge on any atom is -0.397 e. The molecule has 8 heteroatoms. The molecule has 3 heterocycles. The summed E-state index contributed by atoms with van der Waals surface area (Å²) in [5, 5.41) is 5.83. The number of rotatable bonds is 5. The van der Waals surface area contributed by atoms with E-state index in [4.69, 9.17) is 5.73 Å². The third-order valence-corrected chi connectivity index (χ3v) is 7.23. The summed E-state index contributed by atoms with van der Waals surface area (Å²) in [6, 6.07) is 19.3. The fourth-order valence-corrected chi connectivity index (χ4v) is 5.21. The number of nitrogen functional groups attached to an aromatic ring is 1. The zero-order chi connectivity index (χ0) is 25.1. The maximum atomic E-state index is 12.9. The van der Waals surface area contributed by atoms with Gasteiger partial charge in [-0.05, 0) is 55.2 Å². The van der Waals surface area contributed by atoms with Gasteiger partial charge in [0.2, 0.25) is 0 Å². The Morgan fingerprint density at radius 1 is 1.00 bits per heavy atom. The number of hydrogen-bond acceptors (Lipinski definition) is 5. The lowest BCUT2D eigenvalue weighted by molar-refractivity contribution is 0.102. The van der Waals surface area contributed by atoms with Crippen LogP contribution < -0.4 is 21.3 Å². The molecule has 0 aliphatic carbocycles. The molecule has 0 radical (unpaired) electrons. The molecule has 4 N–H and O–H groups in total. The number of carbonyl (C=O) groups excluding carboxylic acids is 2. The number of nitrogens with two attached hydrogens (primary N) is 1. The average Bonchev–Trinajstić information content (AvgIpc) is 3.53. The van der Waals surface area contributed by atoms with Crippen LogP contribution in [0, 0.1) is 5.41 Å². The van der Waals surface area contributed by atoms with E-state index in [0.717, 1.165) is 56.0 Å². The molecule has 2 saturated heterocycles. The molecule has 1 unspecified atom stereocenters. The van der Waals surface area contributed by atoms with Gasteiger partial charge in [-0.15, -0.1) is 0 Å². The molecule has 1 spiro atoms. The molecule has 3 aromatic rings. The van der Waals surface area contributed by atoms with Gasteiger partial charge in [-0.2, -0.15) is 0 Å². The number of aromatic nitrogens is 1. The zero-order valence-electron chi connectivity index (χ0n) is 20.5. The lowest BCUT2D eigenvalue weighted by Crippen LogP contribution is -2.40. The van der Waals surface area contributed by atoms with Crippen LogP contribution in [0.4, 0.5) is 22.0 Å². The zero-order valence-corrected chi connectivity index (χ0v) is 20.5. The summed E-state index contributed by atoms with van der Waals surface area (Å²) in [6.07, 6.45) is 3.65. The van der Waals surface area contributed by atoms with Crippen molar-refractivity contribution in [1.82, 2.24) is 15.2 Å². The van der Waals surface area contributed by atoms with E-state index >= 15 is 0 Å². The Bertz CT molecular complexity index is 1250. The van der Waals surface area contributed by atoms with Gasteiger partial charge in [0.1, 0.15) is 5.82 Å². The van der Waals surface area contributed by atoms with Crippen molar-refractivity contribution >= 4 is 29.1 Å². The Morgan fingerprint density at radius 2 is 1.81 bits per heavy atom. The minimum absolute atomic E-state index is 0.0243. The van der Waals surface area contributed by atoms with Crippen LogP contribution in [0.5, 0.6) is 0 Å². The summed E-state index contributed by atoms with van der Waals surface area (Å²) in [4.78, 5) is 33.9. The summed E-state index contributed by atoms with van der Waals surface area (Å²) < 4.78 is 0. The molecule has 1 atom stereocenters. The predicted molar refractivity (Wildman–Crippen MR) is 143 cm³/mol. The van der Waals surface area contributed by atoms with Crippen molar-refractivity contribution < 1.29 is 9.59 Å². The molecular weight excluding hydrogens is 452 g/mol. The standard InChI is InChI=1S/C28H32N6O2/c1-2-30-27(36)34-15-13-28(19-34)12-14-33(18-28)25-11-9-22(17-31-25)26(35)32-24-16-21(8-10-23(24)29)20-6-4-3-5-7-20/h3-11,16-17H,2,12-15,18-19,29H2,1H3,(H,30,36)(H,32,35). The van der Waals surface area contributed by atoms with E-state index in [2.05, 4.69) is 20.5 Å². The van der Waals surface area contributed by atoms with Gasteiger partial charge >= 0.3 is 6.03 Å². The lowest BCUT2D eigenvalue weighted by atomic mass is 9.86. The maximum absolute atomic E-state index is 12.9. The van der Waals surface area contributed by atoms with E-state index in [1.165, 1.54) is 0 Å². The Kier molecular flexibility index (Phi) is 6.50. The highest BCUT2D eigenvalue weighted by Crippen LogP contribution is 2.40. The molecule has 0 bridgehead atoms.